The molecule has 0 heterocycles. The molecule has 0 unspecified atom stereocenters. The predicted octanol–water partition coefficient (Wildman–Crippen LogP) is 1.97. The highest BCUT2D eigenvalue weighted by molar-refractivity contribution is 7.90. The lowest BCUT2D eigenvalue weighted by atomic mass is 9.91. The molecule has 0 aromatic carbocycles. The summed E-state index contributed by atoms with van der Waals surface area (Å²) in [6.45, 7) is 8.41. The quantitative estimate of drug-likeness (QED) is 0.854. The first-order chi connectivity index (χ1) is 8.20. The van der Waals surface area contributed by atoms with E-state index in [-0.39, 0.29) is 6.04 Å². The molecule has 0 aromatic rings. The summed E-state index contributed by atoms with van der Waals surface area (Å²) in [5.74, 6) is 0. The van der Waals surface area contributed by atoms with Gasteiger partial charge in [0.25, 0.3) is 0 Å². The Morgan fingerprint density at radius 1 is 1.17 bits per heavy atom. The molecule has 1 rings (SSSR count). The normalized spacial score (nSPS) is 26.6. The zero-order chi connectivity index (χ0) is 14.0. The fourth-order valence-corrected chi connectivity index (χ4v) is 4.03. The summed E-state index contributed by atoms with van der Waals surface area (Å²) < 4.78 is 25.6. The monoisotopic (exact) mass is 276 g/mol. The Morgan fingerprint density at radius 2 is 1.67 bits per heavy atom. The van der Waals surface area contributed by atoms with Gasteiger partial charge in [-0.05, 0) is 53.0 Å². The maximum Gasteiger partial charge on any atom is 0.219 e. The lowest BCUT2D eigenvalue weighted by molar-refractivity contribution is 0.247. The molecule has 0 spiro atoms. The van der Waals surface area contributed by atoms with E-state index in [1.54, 1.807) is 32.1 Å². The number of nitrogens with one attached hydrogen (secondary N) is 1. The zero-order valence-corrected chi connectivity index (χ0v) is 13.2. The second-order valence-corrected chi connectivity index (χ2v) is 8.95. The van der Waals surface area contributed by atoms with Crippen LogP contribution in [0, 0.1) is 0 Å². The predicted molar refractivity (Wildman–Crippen MR) is 76.2 cm³/mol. The first kappa shape index (κ1) is 15.9. The third kappa shape index (κ3) is 3.45. The summed E-state index contributed by atoms with van der Waals surface area (Å²) in [5.41, 5.74) is 0. The van der Waals surface area contributed by atoms with E-state index >= 15 is 0 Å². The zero-order valence-electron chi connectivity index (χ0n) is 12.4. The minimum atomic E-state index is -3.19. The number of hydrogen-bond donors (Lipinski definition) is 1. The van der Waals surface area contributed by atoms with E-state index in [1.807, 2.05) is 0 Å². The summed E-state index contributed by atoms with van der Waals surface area (Å²) in [6, 6.07) is 0.737. The van der Waals surface area contributed by atoms with E-state index < -0.39 is 14.8 Å². The number of nitrogens with zero attached hydrogens (tertiary/aromatic N) is 1. The Hall–Kier alpha value is -0.130. The van der Waals surface area contributed by atoms with Crippen LogP contribution in [-0.2, 0) is 10.0 Å². The SMILES string of the molecule is CCNC1CCC(N(C)S(=O)(=O)C(C)(C)C)CC1. The van der Waals surface area contributed by atoms with Crippen molar-refractivity contribution in [1.82, 2.24) is 9.62 Å². The van der Waals surface area contributed by atoms with Crippen molar-refractivity contribution < 1.29 is 8.42 Å². The summed E-state index contributed by atoms with van der Waals surface area (Å²) in [4.78, 5) is 0. The summed E-state index contributed by atoms with van der Waals surface area (Å²) in [6.07, 6.45) is 4.07. The Bertz CT molecular complexity index is 352. The first-order valence-electron chi connectivity index (χ1n) is 6.91. The molecule has 0 aliphatic heterocycles. The lowest BCUT2D eigenvalue weighted by Gasteiger charge is -2.37. The molecule has 1 aliphatic rings. The van der Waals surface area contributed by atoms with Crippen molar-refractivity contribution in [3.05, 3.63) is 0 Å². The minimum absolute atomic E-state index is 0.170. The number of sulfonamides is 1. The molecule has 1 aliphatic carbocycles. The van der Waals surface area contributed by atoms with Gasteiger partial charge in [-0.15, -0.1) is 0 Å². The van der Waals surface area contributed by atoms with Crippen molar-refractivity contribution in [1.29, 1.82) is 0 Å². The van der Waals surface area contributed by atoms with E-state index in [0.29, 0.717) is 6.04 Å². The third-order valence-corrected chi connectivity index (χ3v) is 6.46. The molecule has 0 aromatic heterocycles. The van der Waals surface area contributed by atoms with Crippen LogP contribution in [0.15, 0.2) is 0 Å². The summed E-state index contributed by atoms with van der Waals surface area (Å²) in [7, 11) is -1.46. The molecule has 0 amide bonds. The van der Waals surface area contributed by atoms with Gasteiger partial charge in [0.1, 0.15) is 0 Å². The second-order valence-electron chi connectivity index (χ2n) is 6.20. The Morgan fingerprint density at radius 3 is 2.06 bits per heavy atom. The van der Waals surface area contributed by atoms with E-state index in [0.717, 1.165) is 32.2 Å². The van der Waals surface area contributed by atoms with Crippen LogP contribution in [0.2, 0.25) is 0 Å². The minimum Gasteiger partial charge on any atom is -0.314 e. The average Bonchev–Trinajstić information content (AvgIpc) is 2.28. The van der Waals surface area contributed by atoms with Crippen molar-refractivity contribution in [3.63, 3.8) is 0 Å². The molecule has 1 saturated carbocycles. The summed E-state index contributed by atoms with van der Waals surface area (Å²) in [5, 5.41) is 3.44. The van der Waals surface area contributed by atoms with Gasteiger partial charge >= 0.3 is 0 Å². The van der Waals surface area contributed by atoms with Gasteiger partial charge in [0.2, 0.25) is 10.0 Å². The molecule has 18 heavy (non-hydrogen) atoms. The molecule has 1 N–H and O–H groups in total. The van der Waals surface area contributed by atoms with Gasteiger partial charge in [0.15, 0.2) is 0 Å². The Balaban J connectivity index is 2.63. The highest BCUT2D eigenvalue weighted by Gasteiger charge is 2.37. The maximum absolute atomic E-state index is 12.4. The van der Waals surface area contributed by atoms with Gasteiger partial charge in [0, 0.05) is 19.1 Å². The number of rotatable bonds is 4. The molecular weight excluding hydrogens is 248 g/mol. The van der Waals surface area contributed by atoms with Crippen molar-refractivity contribution in [2.24, 2.45) is 0 Å². The molecule has 0 atom stereocenters. The molecule has 5 heteroatoms. The molecule has 4 nitrogen and oxygen atoms in total. The van der Waals surface area contributed by atoms with Crippen LogP contribution in [0.5, 0.6) is 0 Å². The third-order valence-electron chi connectivity index (χ3n) is 3.86. The highest BCUT2D eigenvalue weighted by Crippen LogP contribution is 2.28. The van der Waals surface area contributed by atoms with Crippen molar-refractivity contribution in [3.8, 4) is 0 Å². The highest BCUT2D eigenvalue weighted by atomic mass is 32.2. The van der Waals surface area contributed by atoms with Gasteiger partial charge in [-0.3, -0.25) is 0 Å². The summed E-state index contributed by atoms with van der Waals surface area (Å²) >= 11 is 0. The Labute approximate surface area is 112 Å². The largest absolute Gasteiger partial charge is 0.314 e. The van der Waals surface area contributed by atoms with Crippen molar-refractivity contribution in [2.45, 2.75) is 70.2 Å². The maximum atomic E-state index is 12.4. The van der Waals surface area contributed by atoms with E-state index in [4.69, 9.17) is 0 Å². The molecular formula is C13H28N2O2S. The topological polar surface area (TPSA) is 49.4 Å². The van der Waals surface area contributed by atoms with Crippen LogP contribution in [-0.4, -0.2) is 43.1 Å². The van der Waals surface area contributed by atoms with E-state index in [1.165, 1.54) is 0 Å². The van der Waals surface area contributed by atoms with Crippen molar-refractivity contribution >= 4 is 10.0 Å². The number of hydrogen-bond acceptors (Lipinski definition) is 3. The van der Waals surface area contributed by atoms with Crippen LogP contribution in [0.1, 0.15) is 53.4 Å². The van der Waals surface area contributed by atoms with Crippen LogP contribution >= 0.6 is 0 Å². The first-order valence-corrected chi connectivity index (χ1v) is 8.35. The molecule has 108 valence electrons. The van der Waals surface area contributed by atoms with Gasteiger partial charge in [-0.1, -0.05) is 6.92 Å². The Kier molecular flexibility index (Phi) is 5.21. The van der Waals surface area contributed by atoms with Gasteiger partial charge in [0.05, 0.1) is 4.75 Å². The standard InChI is InChI=1S/C13H28N2O2S/c1-6-14-11-7-9-12(10-8-11)15(5)18(16,17)13(2,3)4/h11-12,14H,6-10H2,1-5H3. The lowest BCUT2D eigenvalue weighted by Crippen LogP contribution is -2.48. The fraction of sp³-hybridized carbons (Fsp3) is 1.00. The van der Waals surface area contributed by atoms with E-state index in [2.05, 4.69) is 12.2 Å². The van der Waals surface area contributed by atoms with Crippen LogP contribution in [0.25, 0.3) is 0 Å². The van der Waals surface area contributed by atoms with E-state index in [9.17, 15) is 8.42 Å². The van der Waals surface area contributed by atoms with Gasteiger partial charge in [-0.2, -0.15) is 0 Å². The molecule has 1 fully saturated rings. The molecule has 0 radical (unpaired) electrons. The van der Waals surface area contributed by atoms with Crippen molar-refractivity contribution in [2.75, 3.05) is 13.6 Å². The van der Waals surface area contributed by atoms with Crippen LogP contribution in [0.4, 0.5) is 0 Å². The average molecular weight is 276 g/mol. The fourth-order valence-electron chi connectivity index (χ4n) is 2.56. The van der Waals surface area contributed by atoms with Gasteiger partial charge < -0.3 is 5.32 Å². The van der Waals surface area contributed by atoms with Crippen LogP contribution < -0.4 is 5.32 Å². The van der Waals surface area contributed by atoms with Gasteiger partial charge in [-0.25, -0.2) is 12.7 Å². The van der Waals surface area contributed by atoms with Crippen LogP contribution in [0.3, 0.4) is 0 Å². The second kappa shape index (κ2) is 5.88. The molecule has 0 bridgehead atoms. The smallest absolute Gasteiger partial charge is 0.219 e. The molecule has 0 saturated heterocycles.